The van der Waals surface area contributed by atoms with E-state index in [1.54, 1.807) is 12.4 Å². The van der Waals surface area contributed by atoms with Crippen molar-refractivity contribution in [1.82, 2.24) is 15.3 Å². The molecule has 0 aliphatic heterocycles. The zero-order chi connectivity index (χ0) is 13.5. The van der Waals surface area contributed by atoms with Crippen LogP contribution in [-0.2, 0) is 4.79 Å². The van der Waals surface area contributed by atoms with Gasteiger partial charge in [-0.2, -0.15) is 0 Å². The van der Waals surface area contributed by atoms with Gasteiger partial charge in [-0.25, -0.2) is 9.97 Å². The van der Waals surface area contributed by atoms with Gasteiger partial charge >= 0.3 is 0 Å². The summed E-state index contributed by atoms with van der Waals surface area (Å²) in [5.74, 6) is 1.24. The molecule has 1 heterocycles. The Kier molecular flexibility index (Phi) is 5.44. The summed E-state index contributed by atoms with van der Waals surface area (Å²) in [6.45, 7) is 0. The van der Waals surface area contributed by atoms with Crippen LogP contribution < -0.4 is 11.1 Å². The van der Waals surface area contributed by atoms with Crippen LogP contribution in [0.25, 0.3) is 0 Å². The number of carbonyl (C=O) groups excluding carboxylic acids is 1. The average Bonchev–Trinajstić information content (AvgIpc) is 2.42. The average molecular weight is 280 g/mol. The fourth-order valence-corrected chi connectivity index (χ4v) is 3.05. The third kappa shape index (κ3) is 4.70. The molecule has 1 saturated carbocycles. The number of anilines is 1. The van der Waals surface area contributed by atoms with Gasteiger partial charge in [0.2, 0.25) is 5.91 Å². The van der Waals surface area contributed by atoms with E-state index < -0.39 is 0 Å². The molecule has 0 aromatic carbocycles. The molecule has 0 bridgehead atoms. The third-order valence-corrected chi connectivity index (χ3v) is 4.23. The Morgan fingerprint density at radius 1 is 1.32 bits per heavy atom. The van der Waals surface area contributed by atoms with E-state index in [-0.39, 0.29) is 5.91 Å². The van der Waals surface area contributed by atoms with E-state index in [9.17, 15) is 4.79 Å². The highest BCUT2D eigenvalue weighted by Crippen LogP contribution is 2.21. The number of nitrogens with two attached hydrogens (primary N) is 1. The number of nitrogens with zero attached hydrogens (tertiary/aromatic N) is 2. The maximum absolute atomic E-state index is 11.8. The van der Waals surface area contributed by atoms with Gasteiger partial charge in [-0.3, -0.25) is 4.79 Å². The summed E-state index contributed by atoms with van der Waals surface area (Å²) >= 11 is 1.48. The summed E-state index contributed by atoms with van der Waals surface area (Å²) in [6, 6.07) is 0.382. The highest BCUT2D eigenvalue weighted by molar-refractivity contribution is 7.99. The highest BCUT2D eigenvalue weighted by Gasteiger charge is 2.15. The fourth-order valence-electron chi connectivity index (χ4n) is 2.23. The van der Waals surface area contributed by atoms with Crippen LogP contribution in [-0.4, -0.2) is 27.7 Å². The van der Waals surface area contributed by atoms with Gasteiger partial charge in [0.05, 0.1) is 0 Å². The molecule has 1 amide bonds. The van der Waals surface area contributed by atoms with Crippen molar-refractivity contribution in [1.29, 1.82) is 0 Å². The number of rotatable bonds is 5. The first-order chi connectivity index (χ1) is 9.25. The van der Waals surface area contributed by atoms with Gasteiger partial charge in [-0.1, -0.05) is 19.3 Å². The maximum atomic E-state index is 11.8. The van der Waals surface area contributed by atoms with E-state index in [0.717, 1.165) is 12.8 Å². The van der Waals surface area contributed by atoms with Crippen LogP contribution in [0.15, 0.2) is 17.4 Å². The molecule has 5 nitrogen and oxygen atoms in total. The van der Waals surface area contributed by atoms with Crippen molar-refractivity contribution >= 4 is 23.5 Å². The van der Waals surface area contributed by atoms with Crippen LogP contribution >= 0.6 is 11.8 Å². The van der Waals surface area contributed by atoms with Crippen molar-refractivity contribution in [2.45, 2.75) is 49.6 Å². The predicted molar refractivity (Wildman–Crippen MR) is 76.8 cm³/mol. The number of aromatic nitrogens is 2. The number of amides is 1. The summed E-state index contributed by atoms with van der Waals surface area (Å²) in [7, 11) is 0. The Morgan fingerprint density at radius 3 is 2.79 bits per heavy atom. The quantitative estimate of drug-likeness (QED) is 0.806. The zero-order valence-corrected chi connectivity index (χ0v) is 11.8. The minimum absolute atomic E-state index is 0.127. The Hall–Kier alpha value is -1.30. The van der Waals surface area contributed by atoms with Crippen LogP contribution in [0.5, 0.6) is 0 Å². The SMILES string of the molecule is Nc1nccnc1SCCC(=O)NC1CCCCC1. The van der Waals surface area contributed by atoms with Gasteiger partial charge in [0.15, 0.2) is 5.82 Å². The normalized spacial score (nSPS) is 16.2. The molecule has 19 heavy (non-hydrogen) atoms. The molecule has 3 N–H and O–H groups in total. The van der Waals surface area contributed by atoms with Crippen molar-refractivity contribution in [2.24, 2.45) is 0 Å². The number of carbonyl (C=O) groups is 1. The van der Waals surface area contributed by atoms with Crippen LogP contribution in [0.2, 0.25) is 0 Å². The first-order valence-electron chi connectivity index (χ1n) is 6.74. The molecule has 0 atom stereocenters. The zero-order valence-electron chi connectivity index (χ0n) is 11.0. The second-order valence-corrected chi connectivity index (χ2v) is 5.83. The Labute approximate surface area is 117 Å². The molecule has 2 rings (SSSR count). The van der Waals surface area contributed by atoms with E-state index in [1.165, 1.54) is 31.0 Å². The van der Waals surface area contributed by atoms with Crippen LogP contribution in [0.3, 0.4) is 0 Å². The van der Waals surface area contributed by atoms with Crippen molar-refractivity contribution in [2.75, 3.05) is 11.5 Å². The molecular formula is C13H20N4OS. The van der Waals surface area contributed by atoms with Crippen molar-refractivity contribution in [3.8, 4) is 0 Å². The molecule has 1 aromatic rings. The first-order valence-corrected chi connectivity index (χ1v) is 7.73. The highest BCUT2D eigenvalue weighted by atomic mass is 32.2. The van der Waals surface area contributed by atoms with Crippen LogP contribution in [0.4, 0.5) is 5.82 Å². The second-order valence-electron chi connectivity index (χ2n) is 4.75. The molecule has 0 radical (unpaired) electrons. The van der Waals surface area contributed by atoms with Crippen molar-refractivity contribution < 1.29 is 4.79 Å². The van der Waals surface area contributed by atoms with Gasteiger partial charge < -0.3 is 11.1 Å². The maximum Gasteiger partial charge on any atom is 0.221 e. The number of hydrogen-bond acceptors (Lipinski definition) is 5. The number of nitrogen functional groups attached to an aromatic ring is 1. The summed E-state index contributed by atoms with van der Waals surface area (Å²) in [6.07, 6.45) is 9.68. The van der Waals surface area contributed by atoms with Crippen LogP contribution in [0.1, 0.15) is 38.5 Å². The van der Waals surface area contributed by atoms with Crippen molar-refractivity contribution in [3.63, 3.8) is 0 Å². The summed E-state index contributed by atoms with van der Waals surface area (Å²) in [5.41, 5.74) is 5.69. The molecule has 1 aromatic heterocycles. The molecule has 6 heteroatoms. The summed E-state index contributed by atoms with van der Waals surface area (Å²) in [4.78, 5) is 19.9. The van der Waals surface area contributed by atoms with Crippen LogP contribution in [0, 0.1) is 0 Å². The van der Waals surface area contributed by atoms with E-state index in [4.69, 9.17) is 5.73 Å². The molecule has 1 fully saturated rings. The number of nitrogens with one attached hydrogen (secondary N) is 1. The van der Waals surface area contributed by atoms with Gasteiger partial charge in [-0.05, 0) is 12.8 Å². The molecule has 0 unspecified atom stereocenters. The molecule has 0 spiro atoms. The van der Waals surface area contributed by atoms with Gasteiger partial charge in [-0.15, -0.1) is 11.8 Å². The largest absolute Gasteiger partial charge is 0.381 e. The smallest absolute Gasteiger partial charge is 0.221 e. The lowest BCUT2D eigenvalue weighted by atomic mass is 9.95. The minimum Gasteiger partial charge on any atom is -0.381 e. The lowest BCUT2D eigenvalue weighted by Crippen LogP contribution is -2.36. The standard InChI is InChI=1S/C13H20N4OS/c14-12-13(16-8-7-15-12)19-9-6-11(18)17-10-4-2-1-3-5-10/h7-8,10H,1-6,9H2,(H2,14,15)(H,17,18). The Bertz CT molecular complexity index is 421. The number of hydrogen-bond donors (Lipinski definition) is 2. The Balaban J connectivity index is 1.67. The topological polar surface area (TPSA) is 80.9 Å². The molecule has 0 saturated heterocycles. The van der Waals surface area contributed by atoms with E-state index >= 15 is 0 Å². The molecular weight excluding hydrogens is 260 g/mol. The lowest BCUT2D eigenvalue weighted by molar-refractivity contribution is -0.121. The van der Waals surface area contributed by atoms with E-state index in [1.807, 2.05) is 0 Å². The monoisotopic (exact) mass is 280 g/mol. The third-order valence-electron chi connectivity index (χ3n) is 3.23. The molecule has 1 aliphatic rings. The van der Waals surface area contributed by atoms with Gasteiger partial charge in [0.1, 0.15) is 5.03 Å². The van der Waals surface area contributed by atoms with Gasteiger partial charge in [0, 0.05) is 30.6 Å². The first kappa shape index (κ1) is 14.1. The van der Waals surface area contributed by atoms with E-state index in [0.29, 0.717) is 29.1 Å². The fraction of sp³-hybridized carbons (Fsp3) is 0.615. The van der Waals surface area contributed by atoms with E-state index in [2.05, 4.69) is 15.3 Å². The summed E-state index contributed by atoms with van der Waals surface area (Å²) in [5, 5.41) is 3.80. The minimum atomic E-state index is 0.127. The predicted octanol–water partition coefficient (Wildman–Crippen LogP) is 1.99. The summed E-state index contributed by atoms with van der Waals surface area (Å²) < 4.78 is 0. The molecule has 1 aliphatic carbocycles. The Morgan fingerprint density at radius 2 is 2.05 bits per heavy atom. The number of thioether (sulfide) groups is 1. The lowest BCUT2D eigenvalue weighted by Gasteiger charge is -2.22. The van der Waals surface area contributed by atoms with Crippen molar-refractivity contribution in [3.05, 3.63) is 12.4 Å². The second kappa shape index (κ2) is 7.33. The molecule has 104 valence electrons. The van der Waals surface area contributed by atoms with Gasteiger partial charge in [0.25, 0.3) is 0 Å².